The fourth-order valence-electron chi connectivity index (χ4n) is 7.74. The van der Waals surface area contributed by atoms with Crippen molar-refractivity contribution in [3.8, 4) is 0 Å². The molecule has 4 rings (SSSR count). The number of hydrogen-bond donors (Lipinski definition) is 2. The number of rotatable bonds is 5. The lowest BCUT2D eigenvalue weighted by atomic mass is 9.45. The first-order chi connectivity index (χ1) is 15.3. The molecular weight excluding hydrogens is 420 g/mol. The van der Waals surface area contributed by atoms with Crippen LogP contribution < -0.4 is 0 Å². The lowest BCUT2D eigenvalue weighted by Crippen LogP contribution is -2.62. The number of aliphatic hydroxyl groups excluding tert-OH is 1. The fourth-order valence-corrected chi connectivity index (χ4v) is 7.74. The summed E-state index contributed by atoms with van der Waals surface area (Å²) < 4.78 is 5.34. The number of ketones is 2. The molecule has 0 aromatic heterocycles. The number of carbonyl (C=O) groups excluding carboxylic acids is 3. The Bertz CT molecular complexity index is 889. The summed E-state index contributed by atoms with van der Waals surface area (Å²) in [6.45, 7) is 9.16. The Labute approximate surface area is 197 Å². The highest BCUT2D eigenvalue weighted by molar-refractivity contribution is 5.92. The first-order valence-corrected chi connectivity index (χ1v) is 12.6. The molecule has 0 saturated heterocycles. The van der Waals surface area contributed by atoms with Gasteiger partial charge in [-0.15, -0.1) is 0 Å². The van der Waals surface area contributed by atoms with Crippen LogP contribution in [-0.4, -0.2) is 46.1 Å². The Balaban J connectivity index is 1.57. The molecule has 2 N–H and O–H groups in total. The van der Waals surface area contributed by atoms with Crippen LogP contribution >= 0.6 is 0 Å². The third-order valence-electron chi connectivity index (χ3n) is 10.3. The molecule has 6 nitrogen and oxygen atoms in total. The highest BCUT2D eigenvalue weighted by Gasteiger charge is 2.68. The van der Waals surface area contributed by atoms with Gasteiger partial charge in [-0.05, 0) is 88.0 Å². The molecule has 0 bridgehead atoms. The SMILES string of the molecule is CCC(C)(C)C(=O)OCC(=O)[C@@]1(O)CC[C@H]2[C@@H]3CCC4=CC(=O)CC[C@]4(C)[C@H]3[C@@H](O)C[C@@]21C. The molecule has 0 aliphatic heterocycles. The van der Waals surface area contributed by atoms with Crippen molar-refractivity contribution in [1.29, 1.82) is 0 Å². The molecule has 4 aliphatic rings. The number of aliphatic hydroxyl groups is 2. The third-order valence-corrected chi connectivity index (χ3v) is 10.3. The monoisotopic (exact) mass is 460 g/mol. The Morgan fingerprint density at radius 2 is 1.88 bits per heavy atom. The van der Waals surface area contributed by atoms with E-state index >= 15 is 0 Å². The summed E-state index contributed by atoms with van der Waals surface area (Å²) in [5.41, 5.74) is -2.09. The number of ether oxygens (including phenoxy) is 1. The van der Waals surface area contributed by atoms with E-state index in [0.29, 0.717) is 25.7 Å². The topological polar surface area (TPSA) is 101 Å². The zero-order valence-corrected chi connectivity index (χ0v) is 20.8. The molecule has 7 atom stereocenters. The van der Waals surface area contributed by atoms with Crippen molar-refractivity contribution in [3.05, 3.63) is 11.6 Å². The summed E-state index contributed by atoms with van der Waals surface area (Å²) >= 11 is 0. The zero-order chi connectivity index (χ0) is 24.4. The van der Waals surface area contributed by atoms with E-state index in [1.807, 2.05) is 13.8 Å². The van der Waals surface area contributed by atoms with Crippen LogP contribution in [-0.2, 0) is 19.1 Å². The molecule has 0 aromatic carbocycles. The van der Waals surface area contributed by atoms with Gasteiger partial charge in [-0.3, -0.25) is 14.4 Å². The number of esters is 1. The van der Waals surface area contributed by atoms with Crippen molar-refractivity contribution < 1.29 is 29.3 Å². The number of Topliss-reactive ketones (excluding diaryl/α,β-unsaturated/α-hetero) is 1. The normalized spacial score (nSPS) is 42.6. The van der Waals surface area contributed by atoms with Crippen LogP contribution in [0.1, 0.15) is 86.0 Å². The van der Waals surface area contributed by atoms with E-state index in [1.54, 1.807) is 19.9 Å². The van der Waals surface area contributed by atoms with Gasteiger partial charge in [0, 0.05) is 11.8 Å². The second kappa shape index (κ2) is 8.01. The molecule has 3 fully saturated rings. The van der Waals surface area contributed by atoms with Gasteiger partial charge in [0.2, 0.25) is 5.78 Å². The van der Waals surface area contributed by atoms with Crippen LogP contribution in [0.25, 0.3) is 0 Å². The van der Waals surface area contributed by atoms with Gasteiger partial charge in [-0.2, -0.15) is 0 Å². The average Bonchev–Trinajstić information content (AvgIpc) is 3.03. The highest BCUT2D eigenvalue weighted by atomic mass is 16.5. The Morgan fingerprint density at radius 1 is 1.18 bits per heavy atom. The van der Waals surface area contributed by atoms with Crippen molar-refractivity contribution in [2.45, 2.75) is 97.7 Å². The molecule has 3 saturated carbocycles. The Kier molecular flexibility index (Phi) is 5.97. The maximum Gasteiger partial charge on any atom is 0.311 e. The lowest BCUT2D eigenvalue weighted by Gasteiger charge is -2.60. The quantitative estimate of drug-likeness (QED) is 0.606. The second-order valence-corrected chi connectivity index (χ2v) is 12.2. The van der Waals surface area contributed by atoms with Crippen molar-refractivity contribution in [2.75, 3.05) is 6.61 Å². The molecule has 184 valence electrons. The number of hydrogen-bond acceptors (Lipinski definition) is 6. The van der Waals surface area contributed by atoms with Crippen molar-refractivity contribution in [3.63, 3.8) is 0 Å². The molecule has 0 spiro atoms. The van der Waals surface area contributed by atoms with Crippen molar-refractivity contribution in [1.82, 2.24) is 0 Å². The first kappa shape index (κ1) is 24.6. The van der Waals surface area contributed by atoms with Gasteiger partial charge in [0.25, 0.3) is 0 Å². The van der Waals surface area contributed by atoms with E-state index in [4.69, 9.17) is 4.74 Å². The Hall–Kier alpha value is -1.53. The smallest absolute Gasteiger partial charge is 0.311 e. The van der Waals surface area contributed by atoms with Crippen LogP contribution in [0, 0.1) is 34.0 Å². The molecule has 0 unspecified atom stereocenters. The van der Waals surface area contributed by atoms with E-state index < -0.39 is 40.9 Å². The number of allylic oxidation sites excluding steroid dienone is 1. The fraction of sp³-hybridized carbons (Fsp3) is 0.815. The van der Waals surface area contributed by atoms with E-state index in [9.17, 15) is 24.6 Å². The van der Waals surface area contributed by atoms with Crippen molar-refractivity contribution >= 4 is 17.5 Å². The Morgan fingerprint density at radius 3 is 2.55 bits per heavy atom. The molecule has 0 aromatic rings. The summed E-state index contributed by atoms with van der Waals surface area (Å²) in [5, 5.41) is 23.2. The summed E-state index contributed by atoms with van der Waals surface area (Å²) in [6, 6.07) is 0. The molecular formula is C27H40O6. The summed E-state index contributed by atoms with van der Waals surface area (Å²) in [7, 11) is 0. The standard InChI is InChI=1S/C27H40O6/c1-6-24(2,3)23(31)33-15-21(30)27(32)12-10-19-18-8-7-16-13-17(28)9-11-25(16,4)22(18)20(29)14-26(19,27)5/h13,18-20,22,29,32H,6-12,14-15H2,1-5H3/t18-,19-,20-,22+,25-,26-,27-/m0/s1. The number of carbonyl (C=O) groups is 3. The van der Waals surface area contributed by atoms with Gasteiger partial charge >= 0.3 is 5.97 Å². The molecule has 0 amide bonds. The average molecular weight is 461 g/mol. The van der Waals surface area contributed by atoms with Gasteiger partial charge < -0.3 is 14.9 Å². The van der Waals surface area contributed by atoms with Gasteiger partial charge in [0.1, 0.15) is 5.60 Å². The van der Waals surface area contributed by atoms with E-state index in [2.05, 4.69) is 6.92 Å². The summed E-state index contributed by atoms with van der Waals surface area (Å²) in [6.07, 6.45) is 6.10. The lowest BCUT2D eigenvalue weighted by molar-refractivity contribution is -0.185. The molecule has 0 heterocycles. The van der Waals surface area contributed by atoms with E-state index in [-0.39, 0.29) is 29.0 Å². The first-order valence-electron chi connectivity index (χ1n) is 12.6. The minimum atomic E-state index is -1.61. The molecule has 6 heteroatoms. The number of fused-ring (bicyclic) bond motifs is 5. The van der Waals surface area contributed by atoms with Crippen LogP contribution in [0.5, 0.6) is 0 Å². The molecule has 33 heavy (non-hydrogen) atoms. The van der Waals surface area contributed by atoms with Crippen LogP contribution in [0.4, 0.5) is 0 Å². The molecule has 4 aliphatic carbocycles. The van der Waals surface area contributed by atoms with Crippen molar-refractivity contribution in [2.24, 2.45) is 34.0 Å². The minimum absolute atomic E-state index is 0.0318. The maximum absolute atomic E-state index is 13.3. The van der Waals surface area contributed by atoms with Gasteiger partial charge in [0.15, 0.2) is 12.4 Å². The van der Waals surface area contributed by atoms with Crippen LogP contribution in [0.15, 0.2) is 11.6 Å². The third kappa shape index (κ3) is 3.54. The zero-order valence-electron chi connectivity index (χ0n) is 20.8. The van der Waals surface area contributed by atoms with E-state index in [1.165, 1.54) is 0 Å². The largest absolute Gasteiger partial charge is 0.457 e. The van der Waals surface area contributed by atoms with E-state index in [0.717, 1.165) is 31.3 Å². The van der Waals surface area contributed by atoms with Gasteiger partial charge in [-0.25, -0.2) is 0 Å². The predicted octanol–water partition coefficient (Wildman–Crippen LogP) is 3.77. The highest BCUT2D eigenvalue weighted by Crippen LogP contribution is 2.67. The van der Waals surface area contributed by atoms with Crippen LogP contribution in [0.3, 0.4) is 0 Å². The molecule has 0 radical (unpaired) electrons. The van der Waals surface area contributed by atoms with Gasteiger partial charge in [0.05, 0.1) is 11.5 Å². The predicted molar refractivity (Wildman–Crippen MR) is 123 cm³/mol. The maximum atomic E-state index is 13.3. The van der Waals surface area contributed by atoms with Gasteiger partial charge in [-0.1, -0.05) is 26.3 Å². The minimum Gasteiger partial charge on any atom is -0.457 e. The summed E-state index contributed by atoms with van der Waals surface area (Å²) in [5.74, 6) is -0.376. The summed E-state index contributed by atoms with van der Waals surface area (Å²) in [4.78, 5) is 37.7. The van der Waals surface area contributed by atoms with Crippen LogP contribution in [0.2, 0.25) is 0 Å². The second-order valence-electron chi connectivity index (χ2n) is 12.2.